The fourth-order valence-electron chi connectivity index (χ4n) is 3.03. The van der Waals surface area contributed by atoms with Gasteiger partial charge in [-0.15, -0.1) is 11.8 Å². The van der Waals surface area contributed by atoms with Crippen molar-refractivity contribution in [2.75, 3.05) is 30.8 Å². The van der Waals surface area contributed by atoms with Gasteiger partial charge in [0.2, 0.25) is 5.91 Å². The quantitative estimate of drug-likeness (QED) is 0.809. The van der Waals surface area contributed by atoms with Crippen LogP contribution in [-0.4, -0.2) is 60.3 Å². The van der Waals surface area contributed by atoms with Gasteiger partial charge in [-0.25, -0.2) is 4.79 Å². The van der Waals surface area contributed by atoms with Crippen LogP contribution in [0.2, 0.25) is 0 Å². The van der Waals surface area contributed by atoms with E-state index >= 15 is 0 Å². The van der Waals surface area contributed by atoms with Crippen LogP contribution in [0.15, 0.2) is 23.1 Å². The van der Waals surface area contributed by atoms with Gasteiger partial charge in [-0.3, -0.25) is 9.59 Å². The minimum absolute atomic E-state index is 0.0379. The lowest BCUT2D eigenvalue weighted by Crippen LogP contribution is -2.49. The predicted molar refractivity (Wildman–Crippen MR) is 97.3 cm³/mol. The van der Waals surface area contributed by atoms with Crippen molar-refractivity contribution in [2.24, 2.45) is 0 Å². The molecule has 2 amide bonds. The SMILES string of the molecule is C[C@@H]1CN(C(=O)COC(=O)c2ccc3c(c2)NC(=O)CCS3)C[C@@H](C)O1. The summed E-state index contributed by atoms with van der Waals surface area (Å²) >= 11 is 1.56. The summed E-state index contributed by atoms with van der Waals surface area (Å²) < 4.78 is 10.8. The van der Waals surface area contributed by atoms with E-state index in [0.29, 0.717) is 36.5 Å². The summed E-state index contributed by atoms with van der Waals surface area (Å²) in [5.74, 6) is -0.196. The van der Waals surface area contributed by atoms with Gasteiger partial charge in [-0.2, -0.15) is 0 Å². The Morgan fingerprint density at radius 3 is 2.77 bits per heavy atom. The number of nitrogens with one attached hydrogen (secondary N) is 1. The normalized spacial score (nSPS) is 22.8. The smallest absolute Gasteiger partial charge is 0.338 e. The van der Waals surface area contributed by atoms with E-state index in [1.807, 2.05) is 13.8 Å². The monoisotopic (exact) mass is 378 g/mol. The largest absolute Gasteiger partial charge is 0.452 e. The number of anilines is 1. The van der Waals surface area contributed by atoms with E-state index < -0.39 is 5.97 Å². The molecule has 1 aromatic carbocycles. The maximum Gasteiger partial charge on any atom is 0.338 e. The third kappa shape index (κ3) is 4.56. The number of hydrogen-bond acceptors (Lipinski definition) is 6. The molecule has 8 heteroatoms. The number of rotatable bonds is 3. The number of fused-ring (bicyclic) bond motifs is 1. The molecule has 1 N–H and O–H groups in total. The number of benzene rings is 1. The first-order valence-corrected chi connectivity index (χ1v) is 9.58. The van der Waals surface area contributed by atoms with Crippen molar-refractivity contribution in [1.29, 1.82) is 0 Å². The molecule has 2 atom stereocenters. The summed E-state index contributed by atoms with van der Waals surface area (Å²) in [6.07, 6.45) is 0.359. The molecular formula is C18H22N2O5S. The zero-order valence-corrected chi connectivity index (χ0v) is 15.6. The van der Waals surface area contributed by atoms with Crippen molar-refractivity contribution in [2.45, 2.75) is 37.4 Å². The Hall–Kier alpha value is -2.06. The van der Waals surface area contributed by atoms with Crippen molar-refractivity contribution in [1.82, 2.24) is 4.90 Å². The summed E-state index contributed by atoms with van der Waals surface area (Å²) in [7, 11) is 0. The van der Waals surface area contributed by atoms with Crippen LogP contribution < -0.4 is 5.32 Å². The number of thioether (sulfide) groups is 1. The predicted octanol–water partition coefficient (Wildman–Crippen LogP) is 1.91. The van der Waals surface area contributed by atoms with Crippen LogP contribution in [0.25, 0.3) is 0 Å². The molecule has 0 bridgehead atoms. The number of ether oxygens (including phenoxy) is 2. The van der Waals surface area contributed by atoms with Crippen LogP contribution >= 0.6 is 11.8 Å². The van der Waals surface area contributed by atoms with Gasteiger partial charge in [0.05, 0.1) is 23.5 Å². The molecule has 2 aliphatic rings. The van der Waals surface area contributed by atoms with Crippen molar-refractivity contribution < 1.29 is 23.9 Å². The maximum absolute atomic E-state index is 12.3. The second-order valence-corrected chi connectivity index (χ2v) is 7.63. The first-order valence-electron chi connectivity index (χ1n) is 8.59. The Morgan fingerprint density at radius 2 is 2.04 bits per heavy atom. The Kier molecular flexibility index (Phi) is 5.83. The fraction of sp³-hybridized carbons (Fsp3) is 0.500. The Bertz CT molecular complexity index is 714. The van der Waals surface area contributed by atoms with Crippen molar-refractivity contribution in [3.05, 3.63) is 23.8 Å². The molecule has 0 spiro atoms. The Labute approximate surface area is 156 Å². The highest BCUT2D eigenvalue weighted by Crippen LogP contribution is 2.31. The number of carbonyl (C=O) groups is 3. The highest BCUT2D eigenvalue weighted by molar-refractivity contribution is 7.99. The summed E-state index contributed by atoms with van der Waals surface area (Å²) in [4.78, 5) is 38.8. The summed E-state index contributed by atoms with van der Waals surface area (Å²) in [6, 6.07) is 5.03. The van der Waals surface area contributed by atoms with Gasteiger partial charge in [0, 0.05) is 30.2 Å². The van der Waals surface area contributed by atoms with Gasteiger partial charge in [-0.1, -0.05) is 0 Å². The van der Waals surface area contributed by atoms with Crippen molar-refractivity contribution in [3.63, 3.8) is 0 Å². The third-order valence-corrected chi connectivity index (χ3v) is 5.25. The van der Waals surface area contributed by atoms with Crippen molar-refractivity contribution in [3.8, 4) is 0 Å². The van der Waals surface area contributed by atoms with Crippen LogP contribution in [0, 0.1) is 0 Å². The van der Waals surface area contributed by atoms with Crippen LogP contribution in [0.1, 0.15) is 30.6 Å². The molecule has 0 radical (unpaired) electrons. The zero-order chi connectivity index (χ0) is 18.7. The average molecular weight is 378 g/mol. The molecule has 0 aromatic heterocycles. The van der Waals surface area contributed by atoms with Crippen LogP contribution in [0.3, 0.4) is 0 Å². The van der Waals surface area contributed by atoms with E-state index in [2.05, 4.69) is 5.32 Å². The molecule has 1 saturated heterocycles. The molecule has 1 fully saturated rings. The van der Waals surface area contributed by atoms with Crippen LogP contribution in [0.4, 0.5) is 5.69 Å². The standard InChI is InChI=1S/C18H22N2O5S/c1-11-8-20(9-12(2)25-11)17(22)10-24-18(23)13-3-4-15-14(7-13)19-16(21)5-6-26-15/h3-4,7,11-12H,5-6,8-10H2,1-2H3,(H,19,21)/t11-,12-/m1/s1. The topological polar surface area (TPSA) is 84.9 Å². The third-order valence-electron chi connectivity index (χ3n) is 4.18. The fourth-order valence-corrected chi connectivity index (χ4v) is 3.97. The van der Waals surface area contributed by atoms with Crippen LogP contribution in [-0.2, 0) is 19.1 Å². The molecule has 0 saturated carbocycles. The van der Waals surface area contributed by atoms with Gasteiger partial charge in [0.1, 0.15) is 0 Å². The molecule has 3 rings (SSSR count). The van der Waals surface area contributed by atoms with E-state index in [9.17, 15) is 14.4 Å². The summed E-state index contributed by atoms with van der Waals surface area (Å²) in [5, 5.41) is 2.79. The molecule has 140 valence electrons. The molecule has 2 heterocycles. The first-order chi connectivity index (χ1) is 12.4. The first kappa shape index (κ1) is 18.7. The Balaban J connectivity index is 1.60. The number of nitrogens with zero attached hydrogens (tertiary/aromatic N) is 1. The summed E-state index contributed by atoms with van der Waals surface area (Å²) in [5.41, 5.74) is 0.914. The van der Waals surface area contributed by atoms with Gasteiger partial charge < -0.3 is 19.7 Å². The molecule has 0 aliphatic carbocycles. The van der Waals surface area contributed by atoms with E-state index in [0.717, 1.165) is 4.90 Å². The van der Waals surface area contributed by atoms with Crippen molar-refractivity contribution >= 4 is 35.2 Å². The Morgan fingerprint density at radius 1 is 1.31 bits per heavy atom. The molecule has 0 unspecified atom stereocenters. The van der Waals surface area contributed by atoms with E-state index in [-0.39, 0.29) is 30.6 Å². The van der Waals surface area contributed by atoms with E-state index in [1.54, 1.807) is 34.9 Å². The van der Waals surface area contributed by atoms with Gasteiger partial charge >= 0.3 is 5.97 Å². The lowest BCUT2D eigenvalue weighted by molar-refractivity contribution is -0.146. The van der Waals surface area contributed by atoms with Crippen LogP contribution in [0.5, 0.6) is 0 Å². The van der Waals surface area contributed by atoms with Gasteiger partial charge in [0.15, 0.2) is 6.61 Å². The summed E-state index contributed by atoms with van der Waals surface area (Å²) in [6.45, 7) is 4.48. The average Bonchev–Trinajstić information content (AvgIpc) is 2.78. The number of carbonyl (C=O) groups excluding carboxylic acids is 3. The minimum Gasteiger partial charge on any atom is -0.452 e. The lowest BCUT2D eigenvalue weighted by Gasteiger charge is -2.35. The number of morpholine rings is 1. The molecule has 2 aliphatic heterocycles. The number of esters is 1. The lowest BCUT2D eigenvalue weighted by atomic mass is 10.2. The minimum atomic E-state index is -0.584. The van der Waals surface area contributed by atoms with Gasteiger partial charge in [-0.05, 0) is 32.0 Å². The molecule has 26 heavy (non-hydrogen) atoms. The van der Waals surface area contributed by atoms with E-state index in [4.69, 9.17) is 9.47 Å². The second-order valence-electron chi connectivity index (χ2n) is 6.49. The molecular weight excluding hydrogens is 356 g/mol. The highest BCUT2D eigenvalue weighted by atomic mass is 32.2. The number of amides is 2. The molecule has 1 aromatic rings. The maximum atomic E-state index is 12.3. The number of hydrogen-bond donors (Lipinski definition) is 1. The molecule has 7 nitrogen and oxygen atoms in total. The van der Waals surface area contributed by atoms with Gasteiger partial charge in [0.25, 0.3) is 5.91 Å². The highest BCUT2D eigenvalue weighted by Gasteiger charge is 2.26. The second kappa shape index (κ2) is 8.09. The van der Waals surface area contributed by atoms with E-state index in [1.165, 1.54) is 0 Å². The zero-order valence-electron chi connectivity index (χ0n) is 14.8.